The summed E-state index contributed by atoms with van der Waals surface area (Å²) >= 11 is 3.62. The van der Waals surface area contributed by atoms with Crippen LogP contribution in [0.25, 0.3) is 0 Å². The largest absolute Gasteiger partial charge is 0.368 e. The molecule has 2 aliphatic rings. The maximum atomic E-state index is 11.5. The van der Waals surface area contributed by atoms with Crippen LogP contribution in [0.1, 0.15) is 12.8 Å². The molecule has 0 amide bonds. The lowest BCUT2D eigenvalue weighted by atomic mass is 10.1. The summed E-state index contributed by atoms with van der Waals surface area (Å²) in [5.41, 5.74) is 1.21. The maximum absolute atomic E-state index is 11.5. The van der Waals surface area contributed by atoms with E-state index in [2.05, 4.69) is 54.7 Å². The molecule has 0 aliphatic carbocycles. The van der Waals surface area contributed by atoms with Gasteiger partial charge in [-0.3, -0.25) is 4.99 Å². The molecule has 2 saturated heterocycles. The number of guanidine groups is 1. The summed E-state index contributed by atoms with van der Waals surface area (Å²) in [5, 5.41) is 6.75. The van der Waals surface area contributed by atoms with Crippen LogP contribution in [-0.2, 0) is 9.84 Å². The van der Waals surface area contributed by atoms with Crippen LogP contribution in [0, 0.1) is 5.92 Å². The minimum atomic E-state index is -2.83. The molecule has 0 aromatic heterocycles. The summed E-state index contributed by atoms with van der Waals surface area (Å²) in [7, 11) is -1.07. The molecule has 0 bridgehead atoms. The highest BCUT2D eigenvalue weighted by atomic mass is 79.9. The molecule has 1 aromatic rings. The van der Waals surface area contributed by atoms with Gasteiger partial charge in [0.1, 0.15) is 0 Å². The summed E-state index contributed by atoms with van der Waals surface area (Å²) in [6.45, 7) is 2.57. The molecule has 3 rings (SSSR count). The normalized spacial score (nSPS) is 26.0. The van der Waals surface area contributed by atoms with E-state index in [4.69, 9.17) is 0 Å². The van der Waals surface area contributed by atoms with Crippen molar-refractivity contribution in [2.75, 3.05) is 43.1 Å². The van der Waals surface area contributed by atoms with Crippen molar-refractivity contribution in [1.82, 2.24) is 10.6 Å². The van der Waals surface area contributed by atoms with Gasteiger partial charge in [-0.1, -0.05) is 12.1 Å². The Morgan fingerprint density at radius 3 is 2.84 bits per heavy atom. The summed E-state index contributed by atoms with van der Waals surface area (Å²) in [5.74, 6) is 1.54. The van der Waals surface area contributed by atoms with Crippen molar-refractivity contribution in [2.24, 2.45) is 10.9 Å². The Hall–Kier alpha value is -1.28. The molecule has 2 unspecified atom stereocenters. The van der Waals surface area contributed by atoms with Crippen LogP contribution in [0.2, 0.25) is 0 Å². The van der Waals surface area contributed by atoms with Gasteiger partial charge in [0.15, 0.2) is 15.8 Å². The Morgan fingerprint density at radius 1 is 1.36 bits per heavy atom. The SMILES string of the molecule is CN=C(NCC1CCS(=O)(=O)C1)NC1CCN(c2ccccc2Br)C1. The first-order valence-corrected chi connectivity index (χ1v) is 11.3. The Labute approximate surface area is 158 Å². The fourth-order valence-corrected chi connectivity index (χ4v) is 5.86. The standard InChI is InChI=1S/C17H25BrN4O2S/c1-19-17(20-10-13-7-9-25(23,24)12-13)21-14-6-8-22(11-14)16-5-3-2-4-15(16)18/h2-5,13-14H,6-12H2,1H3,(H2,19,20,21). The van der Waals surface area contributed by atoms with Gasteiger partial charge in [0.25, 0.3) is 0 Å². The van der Waals surface area contributed by atoms with E-state index in [1.165, 1.54) is 5.69 Å². The van der Waals surface area contributed by atoms with E-state index in [0.717, 1.165) is 36.4 Å². The van der Waals surface area contributed by atoms with Gasteiger partial charge >= 0.3 is 0 Å². The zero-order chi connectivity index (χ0) is 17.9. The first kappa shape index (κ1) is 18.5. The van der Waals surface area contributed by atoms with E-state index in [1.54, 1.807) is 7.05 Å². The number of para-hydroxylation sites is 1. The zero-order valence-electron chi connectivity index (χ0n) is 14.4. The number of halogens is 1. The second kappa shape index (κ2) is 7.95. The summed E-state index contributed by atoms with van der Waals surface area (Å²) in [6.07, 6.45) is 1.78. The monoisotopic (exact) mass is 428 g/mol. The van der Waals surface area contributed by atoms with Gasteiger partial charge in [0, 0.05) is 37.2 Å². The highest BCUT2D eigenvalue weighted by molar-refractivity contribution is 9.10. The molecule has 25 heavy (non-hydrogen) atoms. The molecule has 1 aromatic carbocycles. The zero-order valence-corrected chi connectivity index (χ0v) is 16.8. The van der Waals surface area contributed by atoms with Crippen molar-refractivity contribution < 1.29 is 8.42 Å². The van der Waals surface area contributed by atoms with Gasteiger partial charge < -0.3 is 15.5 Å². The molecule has 8 heteroatoms. The van der Waals surface area contributed by atoms with Gasteiger partial charge in [-0.15, -0.1) is 0 Å². The van der Waals surface area contributed by atoms with Crippen LogP contribution in [-0.4, -0.2) is 58.6 Å². The summed E-state index contributed by atoms with van der Waals surface area (Å²) in [6, 6.07) is 8.59. The molecule has 2 heterocycles. The average Bonchev–Trinajstić information content (AvgIpc) is 3.18. The average molecular weight is 429 g/mol. The van der Waals surface area contributed by atoms with Gasteiger partial charge in [-0.2, -0.15) is 0 Å². The van der Waals surface area contributed by atoms with Crippen LogP contribution in [0.15, 0.2) is 33.7 Å². The van der Waals surface area contributed by atoms with Crippen molar-refractivity contribution in [1.29, 1.82) is 0 Å². The molecule has 2 atom stereocenters. The molecule has 0 radical (unpaired) electrons. The molecular weight excluding hydrogens is 404 g/mol. The maximum Gasteiger partial charge on any atom is 0.191 e. The summed E-state index contributed by atoms with van der Waals surface area (Å²) in [4.78, 5) is 6.64. The lowest BCUT2D eigenvalue weighted by Crippen LogP contribution is -2.46. The van der Waals surface area contributed by atoms with Crippen molar-refractivity contribution in [3.05, 3.63) is 28.7 Å². The topological polar surface area (TPSA) is 73.8 Å². The lowest BCUT2D eigenvalue weighted by molar-refractivity contribution is 0.559. The number of hydrogen-bond acceptors (Lipinski definition) is 4. The molecule has 2 fully saturated rings. The predicted octanol–water partition coefficient (Wildman–Crippen LogP) is 1.63. The molecule has 2 aliphatic heterocycles. The molecule has 2 N–H and O–H groups in total. The highest BCUT2D eigenvalue weighted by Gasteiger charge is 2.28. The van der Waals surface area contributed by atoms with E-state index in [-0.39, 0.29) is 11.7 Å². The Kier molecular flexibility index (Phi) is 5.89. The third kappa shape index (κ3) is 4.88. The number of hydrogen-bond donors (Lipinski definition) is 2. The molecule has 0 spiro atoms. The fraction of sp³-hybridized carbons (Fsp3) is 0.588. The first-order valence-electron chi connectivity index (χ1n) is 8.64. The summed E-state index contributed by atoms with van der Waals surface area (Å²) < 4.78 is 24.2. The van der Waals surface area contributed by atoms with Crippen LogP contribution in [0.5, 0.6) is 0 Å². The predicted molar refractivity (Wildman–Crippen MR) is 106 cm³/mol. The number of anilines is 1. The third-order valence-corrected chi connectivity index (χ3v) is 7.34. The first-order chi connectivity index (χ1) is 12.0. The third-order valence-electron chi connectivity index (χ3n) is 4.83. The number of sulfone groups is 1. The van der Waals surface area contributed by atoms with Crippen molar-refractivity contribution in [3.63, 3.8) is 0 Å². The number of nitrogens with zero attached hydrogens (tertiary/aromatic N) is 2. The smallest absolute Gasteiger partial charge is 0.191 e. The Morgan fingerprint density at radius 2 is 2.16 bits per heavy atom. The van der Waals surface area contributed by atoms with Crippen LogP contribution < -0.4 is 15.5 Å². The molecular formula is C17H25BrN4O2S. The van der Waals surface area contributed by atoms with Crippen molar-refractivity contribution in [3.8, 4) is 0 Å². The van der Waals surface area contributed by atoms with Gasteiger partial charge in [0.2, 0.25) is 0 Å². The van der Waals surface area contributed by atoms with E-state index in [1.807, 2.05) is 6.07 Å². The number of rotatable bonds is 4. The van der Waals surface area contributed by atoms with E-state index in [9.17, 15) is 8.42 Å². The van der Waals surface area contributed by atoms with E-state index in [0.29, 0.717) is 18.3 Å². The number of benzene rings is 1. The van der Waals surface area contributed by atoms with Crippen molar-refractivity contribution >= 4 is 37.4 Å². The van der Waals surface area contributed by atoms with Crippen LogP contribution in [0.4, 0.5) is 5.69 Å². The Bertz CT molecular complexity index is 738. The fourth-order valence-electron chi connectivity index (χ4n) is 3.47. The second-order valence-electron chi connectivity index (χ2n) is 6.75. The number of aliphatic imine (C=N–C) groups is 1. The van der Waals surface area contributed by atoms with Crippen molar-refractivity contribution in [2.45, 2.75) is 18.9 Å². The molecule has 6 nitrogen and oxygen atoms in total. The Balaban J connectivity index is 1.49. The highest BCUT2D eigenvalue weighted by Crippen LogP contribution is 2.28. The van der Waals surface area contributed by atoms with Gasteiger partial charge in [-0.25, -0.2) is 8.42 Å². The van der Waals surface area contributed by atoms with E-state index < -0.39 is 9.84 Å². The number of nitrogens with one attached hydrogen (secondary N) is 2. The lowest BCUT2D eigenvalue weighted by Gasteiger charge is -2.22. The van der Waals surface area contributed by atoms with Crippen LogP contribution in [0.3, 0.4) is 0 Å². The molecule has 0 saturated carbocycles. The minimum Gasteiger partial charge on any atom is -0.368 e. The van der Waals surface area contributed by atoms with E-state index >= 15 is 0 Å². The van der Waals surface area contributed by atoms with Gasteiger partial charge in [-0.05, 0) is 46.8 Å². The van der Waals surface area contributed by atoms with Crippen LogP contribution >= 0.6 is 15.9 Å². The van der Waals surface area contributed by atoms with Gasteiger partial charge in [0.05, 0.1) is 17.2 Å². The molecule has 138 valence electrons. The minimum absolute atomic E-state index is 0.184. The second-order valence-corrected chi connectivity index (χ2v) is 9.83. The quantitative estimate of drug-likeness (QED) is 0.562.